The molecule has 0 aliphatic carbocycles. The quantitative estimate of drug-likeness (QED) is 0.801. The van der Waals surface area contributed by atoms with Crippen molar-refractivity contribution in [3.8, 4) is 11.8 Å². The van der Waals surface area contributed by atoms with Gasteiger partial charge >= 0.3 is 0 Å². The van der Waals surface area contributed by atoms with Crippen LogP contribution in [0.15, 0.2) is 36.5 Å². The van der Waals surface area contributed by atoms with Crippen LogP contribution in [0.2, 0.25) is 0 Å². The molecule has 0 atom stereocenters. The maximum atomic E-state index is 13.2. The van der Waals surface area contributed by atoms with Crippen molar-refractivity contribution in [1.82, 2.24) is 4.98 Å². The zero-order chi connectivity index (χ0) is 14.5. The lowest BCUT2D eigenvalue weighted by molar-refractivity contribution is 0.101. The molecule has 20 heavy (non-hydrogen) atoms. The molecule has 0 aliphatic heterocycles. The van der Waals surface area contributed by atoms with Crippen LogP contribution in [-0.2, 0) is 6.61 Å². The van der Waals surface area contributed by atoms with Gasteiger partial charge in [0.25, 0.3) is 0 Å². The van der Waals surface area contributed by atoms with Crippen LogP contribution in [-0.4, -0.2) is 10.8 Å². The molecule has 0 amide bonds. The Morgan fingerprint density at radius 1 is 1.45 bits per heavy atom. The van der Waals surface area contributed by atoms with Crippen molar-refractivity contribution < 1.29 is 13.9 Å². The highest BCUT2D eigenvalue weighted by molar-refractivity contribution is 5.96. The number of ketones is 1. The molecule has 100 valence electrons. The molecule has 0 bridgehead atoms. The molecule has 0 N–H and O–H groups in total. The number of hydrogen-bond acceptors (Lipinski definition) is 4. The number of aromatic nitrogens is 1. The van der Waals surface area contributed by atoms with Crippen LogP contribution in [0.5, 0.6) is 5.75 Å². The van der Waals surface area contributed by atoms with Gasteiger partial charge in [-0.2, -0.15) is 5.26 Å². The molecular formula is C15H11FN2O2. The molecule has 4 nitrogen and oxygen atoms in total. The topological polar surface area (TPSA) is 63.0 Å². The summed E-state index contributed by atoms with van der Waals surface area (Å²) in [5, 5.41) is 8.92. The lowest BCUT2D eigenvalue weighted by Crippen LogP contribution is -2.04. The summed E-state index contributed by atoms with van der Waals surface area (Å²) in [6, 6.07) is 9.05. The first-order valence-corrected chi connectivity index (χ1v) is 5.89. The fourth-order valence-electron chi connectivity index (χ4n) is 1.72. The van der Waals surface area contributed by atoms with E-state index in [1.807, 2.05) is 6.07 Å². The van der Waals surface area contributed by atoms with Gasteiger partial charge in [-0.25, -0.2) is 9.37 Å². The molecule has 0 radical (unpaired) electrons. The molecular weight excluding hydrogens is 259 g/mol. The Bertz CT molecular complexity index is 693. The minimum Gasteiger partial charge on any atom is -0.488 e. The molecule has 2 aromatic rings. The lowest BCUT2D eigenvalue weighted by atomic mass is 10.1. The highest BCUT2D eigenvalue weighted by Gasteiger charge is 2.11. The molecule has 5 heteroatoms. The summed E-state index contributed by atoms with van der Waals surface area (Å²) in [4.78, 5) is 15.3. The average molecular weight is 270 g/mol. The predicted octanol–water partition coefficient (Wildman–Crippen LogP) is 2.87. The molecule has 1 heterocycles. The van der Waals surface area contributed by atoms with Gasteiger partial charge in [0.05, 0.1) is 5.56 Å². The molecule has 2 rings (SSSR count). The van der Waals surface area contributed by atoms with E-state index in [1.54, 1.807) is 12.1 Å². The second kappa shape index (κ2) is 5.93. The number of Topliss-reactive ketones (excluding diaryl/α,β-unsaturated/α-hetero) is 1. The van der Waals surface area contributed by atoms with Crippen LogP contribution in [0.4, 0.5) is 4.39 Å². The maximum Gasteiger partial charge on any atom is 0.163 e. The van der Waals surface area contributed by atoms with Crippen molar-refractivity contribution in [2.24, 2.45) is 0 Å². The van der Waals surface area contributed by atoms with Gasteiger partial charge in [0.1, 0.15) is 29.9 Å². The van der Waals surface area contributed by atoms with Gasteiger partial charge in [-0.05, 0) is 25.1 Å². The second-order valence-electron chi connectivity index (χ2n) is 4.11. The van der Waals surface area contributed by atoms with E-state index in [0.29, 0.717) is 11.1 Å². The van der Waals surface area contributed by atoms with E-state index in [2.05, 4.69) is 4.98 Å². The summed E-state index contributed by atoms with van der Waals surface area (Å²) in [6.45, 7) is 1.42. The number of benzene rings is 1. The Kier molecular flexibility index (Phi) is 4.06. The van der Waals surface area contributed by atoms with Gasteiger partial charge in [0.2, 0.25) is 0 Å². The highest BCUT2D eigenvalue weighted by Crippen LogP contribution is 2.22. The molecule has 0 saturated carbocycles. The van der Waals surface area contributed by atoms with Gasteiger partial charge in [-0.1, -0.05) is 6.07 Å². The maximum absolute atomic E-state index is 13.2. The van der Waals surface area contributed by atoms with Crippen LogP contribution >= 0.6 is 0 Å². The van der Waals surface area contributed by atoms with Gasteiger partial charge in [0, 0.05) is 17.8 Å². The lowest BCUT2D eigenvalue weighted by Gasteiger charge is -2.10. The molecule has 0 aliphatic rings. The van der Waals surface area contributed by atoms with Gasteiger partial charge in [0.15, 0.2) is 5.78 Å². The van der Waals surface area contributed by atoms with E-state index in [0.717, 1.165) is 6.07 Å². The minimum absolute atomic E-state index is 0.0421. The number of hydrogen-bond donors (Lipinski definition) is 0. The number of halogens is 1. The summed E-state index contributed by atoms with van der Waals surface area (Å²) in [6.07, 6.45) is 1.51. The SMILES string of the molecule is CC(=O)c1ccc(F)cc1OCc1cccnc1C#N. The Morgan fingerprint density at radius 2 is 2.25 bits per heavy atom. The summed E-state index contributed by atoms with van der Waals surface area (Å²) >= 11 is 0. The number of ether oxygens (including phenoxy) is 1. The van der Waals surface area contributed by atoms with Gasteiger partial charge in [-0.15, -0.1) is 0 Å². The van der Waals surface area contributed by atoms with Crippen LogP contribution in [0.1, 0.15) is 28.5 Å². The summed E-state index contributed by atoms with van der Waals surface area (Å²) in [7, 11) is 0. The Balaban J connectivity index is 2.25. The second-order valence-corrected chi connectivity index (χ2v) is 4.11. The van der Waals surface area contributed by atoms with Crippen molar-refractivity contribution in [1.29, 1.82) is 5.26 Å². The monoisotopic (exact) mass is 270 g/mol. The molecule has 0 fully saturated rings. The van der Waals surface area contributed by atoms with Crippen molar-refractivity contribution in [3.05, 3.63) is 59.2 Å². The van der Waals surface area contributed by atoms with E-state index < -0.39 is 5.82 Å². The number of pyridine rings is 1. The minimum atomic E-state index is -0.489. The van der Waals surface area contributed by atoms with E-state index in [9.17, 15) is 9.18 Å². The summed E-state index contributed by atoms with van der Waals surface area (Å²) < 4.78 is 18.7. The van der Waals surface area contributed by atoms with Crippen LogP contribution in [0.3, 0.4) is 0 Å². The van der Waals surface area contributed by atoms with Crippen molar-refractivity contribution in [3.63, 3.8) is 0 Å². The molecule has 0 unspecified atom stereocenters. The average Bonchev–Trinajstić information content (AvgIpc) is 2.45. The van der Waals surface area contributed by atoms with Crippen molar-refractivity contribution in [2.45, 2.75) is 13.5 Å². The highest BCUT2D eigenvalue weighted by atomic mass is 19.1. The van der Waals surface area contributed by atoms with E-state index in [-0.39, 0.29) is 23.8 Å². The number of nitrogens with zero attached hydrogens (tertiary/aromatic N) is 2. The first-order chi connectivity index (χ1) is 9.61. The number of carbonyl (C=O) groups is 1. The van der Waals surface area contributed by atoms with Crippen LogP contribution in [0, 0.1) is 17.1 Å². The van der Waals surface area contributed by atoms with Crippen LogP contribution in [0.25, 0.3) is 0 Å². The van der Waals surface area contributed by atoms with Crippen LogP contribution < -0.4 is 4.74 Å². The molecule has 1 aromatic heterocycles. The third-order valence-corrected chi connectivity index (χ3v) is 2.70. The summed E-state index contributed by atoms with van der Waals surface area (Å²) in [5.74, 6) is -0.548. The van der Waals surface area contributed by atoms with E-state index >= 15 is 0 Å². The fraction of sp³-hybridized carbons (Fsp3) is 0.133. The smallest absolute Gasteiger partial charge is 0.163 e. The van der Waals surface area contributed by atoms with E-state index in [4.69, 9.17) is 10.00 Å². The Labute approximate surface area is 115 Å². The number of carbonyl (C=O) groups excluding carboxylic acids is 1. The molecule has 0 spiro atoms. The zero-order valence-corrected chi connectivity index (χ0v) is 10.8. The van der Waals surface area contributed by atoms with E-state index in [1.165, 1.54) is 25.3 Å². The van der Waals surface area contributed by atoms with Gasteiger partial charge < -0.3 is 4.74 Å². The first-order valence-electron chi connectivity index (χ1n) is 5.89. The van der Waals surface area contributed by atoms with Gasteiger partial charge in [-0.3, -0.25) is 4.79 Å². The number of rotatable bonds is 4. The van der Waals surface area contributed by atoms with Crippen molar-refractivity contribution >= 4 is 5.78 Å². The summed E-state index contributed by atoms with van der Waals surface area (Å²) in [5.41, 5.74) is 1.12. The fourth-order valence-corrected chi connectivity index (χ4v) is 1.72. The van der Waals surface area contributed by atoms with Crippen molar-refractivity contribution in [2.75, 3.05) is 0 Å². The molecule has 0 saturated heterocycles. The normalized spacial score (nSPS) is 9.85. The standard InChI is InChI=1S/C15H11FN2O2/c1-10(19)13-5-4-12(16)7-15(13)20-9-11-3-2-6-18-14(11)8-17/h2-7H,9H2,1H3. The Morgan fingerprint density at radius 3 is 2.95 bits per heavy atom. The number of nitriles is 1. The third-order valence-electron chi connectivity index (χ3n) is 2.70. The predicted molar refractivity (Wildman–Crippen MR) is 69.7 cm³/mol. The first kappa shape index (κ1) is 13.7. The molecule has 1 aromatic carbocycles. The Hall–Kier alpha value is -2.74. The largest absolute Gasteiger partial charge is 0.488 e. The zero-order valence-electron chi connectivity index (χ0n) is 10.8. The third kappa shape index (κ3) is 2.98.